The number of hydrogen-bond donors (Lipinski definition) is 3. The van der Waals surface area contributed by atoms with Gasteiger partial charge >= 0.3 is 5.97 Å². The van der Waals surface area contributed by atoms with Crippen LogP contribution in [-0.2, 0) is 4.79 Å². The average Bonchev–Trinajstić information content (AvgIpc) is 1.81. The Hall–Kier alpha value is -0.393. The van der Waals surface area contributed by atoms with Crippen molar-refractivity contribution in [3.63, 3.8) is 0 Å². The zero-order valence-corrected chi connectivity index (χ0v) is 9.45. The molecule has 2 atom stereocenters. The van der Waals surface area contributed by atoms with E-state index in [2.05, 4.69) is 19.6 Å². The van der Waals surface area contributed by atoms with Crippen LogP contribution in [0, 0.1) is 0 Å². The molecular formula is C8H19NO3Si. The lowest BCUT2D eigenvalue weighted by molar-refractivity contribution is -0.139. The summed E-state index contributed by atoms with van der Waals surface area (Å²) in [5.41, 5.74) is 5.29. The van der Waals surface area contributed by atoms with Crippen molar-refractivity contribution >= 4 is 14.0 Å². The number of aliphatic hydroxyl groups excluding tert-OH is 1. The van der Waals surface area contributed by atoms with E-state index >= 15 is 0 Å². The van der Waals surface area contributed by atoms with Crippen molar-refractivity contribution < 1.29 is 15.0 Å². The monoisotopic (exact) mass is 205 g/mol. The third kappa shape index (κ3) is 6.74. The number of carboxylic acid groups (broad SMARTS) is 1. The number of carbonyl (C=O) groups is 1. The maximum Gasteiger partial charge on any atom is 0.320 e. The first kappa shape index (κ1) is 12.6. The van der Waals surface area contributed by atoms with Gasteiger partial charge in [-0.05, 0) is 12.5 Å². The molecule has 4 N–H and O–H groups in total. The first-order chi connectivity index (χ1) is 5.72. The Morgan fingerprint density at radius 2 is 1.92 bits per heavy atom. The average molecular weight is 205 g/mol. The van der Waals surface area contributed by atoms with Crippen LogP contribution < -0.4 is 5.73 Å². The summed E-state index contributed by atoms with van der Waals surface area (Å²) >= 11 is 0. The van der Waals surface area contributed by atoms with E-state index in [9.17, 15) is 9.90 Å². The van der Waals surface area contributed by atoms with Crippen molar-refractivity contribution in [3.8, 4) is 0 Å². The van der Waals surface area contributed by atoms with E-state index < -0.39 is 26.2 Å². The summed E-state index contributed by atoms with van der Waals surface area (Å²) in [5, 5.41) is 18.0. The summed E-state index contributed by atoms with van der Waals surface area (Å²) in [5.74, 6) is -1.05. The van der Waals surface area contributed by atoms with Gasteiger partial charge in [0.15, 0.2) is 0 Å². The molecule has 0 saturated heterocycles. The third-order valence-corrected chi connectivity index (χ3v) is 3.39. The van der Waals surface area contributed by atoms with Gasteiger partial charge in [-0.3, -0.25) is 4.79 Å². The minimum atomic E-state index is -1.32. The number of rotatable bonds is 5. The van der Waals surface area contributed by atoms with Crippen LogP contribution in [0.4, 0.5) is 0 Å². The molecule has 0 amide bonds. The van der Waals surface area contributed by atoms with Gasteiger partial charge in [0.1, 0.15) is 6.04 Å². The second-order valence-electron chi connectivity index (χ2n) is 4.60. The molecular weight excluding hydrogens is 186 g/mol. The quantitative estimate of drug-likeness (QED) is 0.570. The standard InChI is InChI=1S/C8H19NO3Si/c1-13(2,3)5-6(10)4-7(9)8(11)12/h6-7,10H,4-5,9H2,1-3H3,(H,11,12)/t6-,7+/m0/s1. The van der Waals surface area contributed by atoms with Gasteiger partial charge in [0.2, 0.25) is 0 Å². The van der Waals surface area contributed by atoms with Gasteiger partial charge in [0, 0.05) is 8.07 Å². The fourth-order valence-corrected chi connectivity index (χ4v) is 2.76. The van der Waals surface area contributed by atoms with Crippen molar-refractivity contribution in [1.82, 2.24) is 0 Å². The molecule has 4 nitrogen and oxygen atoms in total. The molecule has 0 aromatic carbocycles. The summed E-state index contributed by atoms with van der Waals surface area (Å²) in [7, 11) is -1.32. The summed E-state index contributed by atoms with van der Waals surface area (Å²) in [6, 6.07) is -0.236. The molecule has 0 saturated carbocycles. The van der Waals surface area contributed by atoms with Crippen molar-refractivity contribution in [1.29, 1.82) is 0 Å². The van der Waals surface area contributed by atoms with Crippen LogP contribution in [0.5, 0.6) is 0 Å². The van der Waals surface area contributed by atoms with Gasteiger partial charge in [-0.15, -0.1) is 0 Å². The minimum absolute atomic E-state index is 0.152. The first-order valence-corrected chi connectivity index (χ1v) is 8.09. The predicted molar refractivity (Wildman–Crippen MR) is 54.4 cm³/mol. The SMILES string of the molecule is C[Si](C)(C)C[C@@H](O)C[C@@H](N)C(=O)O. The zero-order valence-electron chi connectivity index (χ0n) is 8.45. The van der Waals surface area contributed by atoms with E-state index in [-0.39, 0.29) is 6.42 Å². The molecule has 13 heavy (non-hydrogen) atoms. The van der Waals surface area contributed by atoms with Crippen LogP contribution >= 0.6 is 0 Å². The van der Waals surface area contributed by atoms with Crippen molar-refractivity contribution in [2.24, 2.45) is 5.73 Å². The number of nitrogens with two attached hydrogens (primary N) is 1. The Labute approximate surface area is 79.8 Å². The molecule has 0 aromatic rings. The molecule has 5 heteroatoms. The lowest BCUT2D eigenvalue weighted by atomic mass is 10.1. The van der Waals surface area contributed by atoms with Crippen LogP contribution in [-0.4, -0.2) is 36.4 Å². The normalized spacial score (nSPS) is 16.7. The van der Waals surface area contributed by atoms with Crippen molar-refractivity contribution in [3.05, 3.63) is 0 Å². The summed E-state index contributed by atoms with van der Waals surface area (Å²) in [4.78, 5) is 10.4. The molecule has 0 radical (unpaired) electrons. The number of aliphatic carboxylic acids is 1. The molecule has 0 aliphatic heterocycles. The summed E-state index contributed by atoms with van der Waals surface area (Å²) in [6.45, 7) is 6.38. The zero-order chi connectivity index (χ0) is 10.6. The first-order valence-electron chi connectivity index (χ1n) is 4.39. The predicted octanol–water partition coefficient (Wildman–Crippen LogP) is 0.487. The van der Waals surface area contributed by atoms with Crippen LogP contribution in [0.3, 0.4) is 0 Å². The van der Waals surface area contributed by atoms with E-state index in [4.69, 9.17) is 10.8 Å². The summed E-state index contributed by atoms with van der Waals surface area (Å²) < 4.78 is 0. The van der Waals surface area contributed by atoms with Gasteiger partial charge in [-0.1, -0.05) is 19.6 Å². The number of hydrogen-bond acceptors (Lipinski definition) is 3. The summed E-state index contributed by atoms with van der Waals surface area (Å²) in [6.07, 6.45) is -0.419. The van der Waals surface area contributed by atoms with Gasteiger partial charge in [0.05, 0.1) is 6.10 Å². The molecule has 0 bridgehead atoms. The molecule has 0 heterocycles. The van der Waals surface area contributed by atoms with Crippen LogP contribution in [0.25, 0.3) is 0 Å². The maximum absolute atomic E-state index is 10.4. The lowest BCUT2D eigenvalue weighted by Gasteiger charge is -2.21. The van der Waals surface area contributed by atoms with Crippen LogP contribution in [0.15, 0.2) is 0 Å². The van der Waals surface area contributed by atoms with Crippen LogP contribution in [0.1, 0.15) is 6.42 Å². The Kier molecular flexibility index (Phi) is 4.59. The van der Waals surface area contributed by atoms with Crippen molar-refractivity contribution in [2.45, 2.75) is 44.3 Å². The highest BCUT2D eigenvalue weighted by molar-refractivity contribution is 6.76. The molecule has 0 spiro atoms. The molecule has 0 fully saturated rings. The number of aliphatic hydroxyl groups is 1. The van der Waals surface area contributed by atoms with Gasteiger partial charge in [-0.2, -0.15) is 0 Å². The van der Waals surface area contributed by atoms with E-state index in [1.54, 1.807) is 0 Å². The largest absolute Gasteiger partial charge is 0.480 e. The highest BCUT2D eigenvalue weighted by atomic mass is 28.3. The van der Waals surface area contributed by atoms with Gasteiger partial charge in [-0.25, -0.2) is 0 Å². The Balaban J connectivity index is 3.88. The number of carboxylic acids is 1. The molecule has 0 aliphatic rings. The minimum Gasteiger partial charge on any atom is -0.480 e. The molecule has 0 unspecified atom stereocenters. The molecule has 0 rings (SSSR count). The highest BCUT2D eigenvalue weighted by Crippen LogP contribution is 2.14. The maximum atomic E-state index is 10.4. The highest BCUT2D eigenvalue weighted by Gasteiger charge is 2.22. The second kappa shape index (κ2) is 4.73. The lowest BCUT2D eigenvalue weighted by Crippen LogP contribution is -2.36. The van der Waals surface area contributed by atoms with E-state index in [0.717, 1.165) is 0 Å². The Bertz CT molecular complexity index is 179. The second-order valence-corrected chi connectivity index (χ2v) is 10.1. The van der Waals surface area contributed by atoms with Crippen molar-refractivity contribution in [2.75, 3.05) is 0 Å². The topological polar surface area (TPSA) is 83.5 Å². The van der Waals surface area contributed by atoms with Crippen LogP contribution in [0.2, 0.25) is 25.7 Å². The fourth-order valence-electron chi connectivity index (χ4n) is 1.18. The molecule has 78 valence electrons. The van der Waals surface area contributed by atoms with Gasteiger partial charge < -0.3 is 15.9 Å². The fraction of sp³-hybridized carbons (Fsp3) is 0.875. The molecule has 0 aliphatic carbocycles. The van der Waals surface area contributed by atoms with E-state index in [0.29, 0.717) is 6.04 Å². The Morgan fingerprint density at radius 3 is 2.23 bits per heavy atom. The smallest absolute Gasteiger partial charge is 0.320 e. The Morgan fingerprint density at radius 1 is 1.46 bits per heavy atom. The molecule has 0 aromatic heterocycles. The van der Waals surface area contributed by atoms with E-state index in [1.807, 2.05) is 0 Å². The van der Waals surface area contributed by atoms with E-state index in [1.165, 1.54) is 0 Å². The third-order valence-electron chi connectivity index (χ3n) is 1.69. The van der Waals surface area contributed by atoms with Gasteiger partial charge in [0.25, 0.3) is 0 Å².